The van der Waals surface area contributed by atoms with Gasteiger partial charge in [0, 0.05) is 7.05 Å². The van der Waals surface area contributed by atoms with Crippen molar-refractivity contribution < 1.29 is 17.6 Å². The van der Waals surface area contributed by atoms with Gasteiger partial charge < -0.3 is 9.73 Å². The Balaban J connectivity index is 1.89. The molecule has 7 nitrogen and oxygen atoms in total. The Bertz CT molecular complexity index is 932. The summed E-state index contributed by atoms with van der Waals surface area (Å²) in [6.07, 6.45) is 2.81. The first-order valence-corrected chi connectivity index (χ1v) is 8.98. The number of hydrogen-bond donors (Lipinski definition) is 1. The predicted molar refractivity (Wildman–Crippen MR) is 93.0 cm³/mol. The van der Waals surface area contributed by atoms with E-state index in [2.05, 4.69) is 9.71 Å². The lowest BCUT2D eigenvalue weighted by molar-refractivity contribution is -0.119. The van der Waals surface area contributed by atoms with Gasteiger partial charge in [-0.2, -0.15) is 8.42 Å². The monoisotopic (exact) mass is 359 g/mol. The molecule has 1 amide bonds. The Morgan fingerprint density at radius 2 is 1.92 bits per heavy atom. The third kappa shape index (κ3) is 3.48. The van der Waals surface area contributed by atoms with Gasteiger partial charge in [-0.3, -0.25) is 4.79 Å². The maximum Gasteiger partial charge on any atom is 0.345 e. The second-order valence-corrected chi connectivity index (χ2v) is 7.16. The van der Waals surface area contributed by atoms with Crippen LogP contribution in [0.5, 0.6) is 0 Å². The quantitative estimate of drug-likeness (QED) is 0.904. The number of carbonyl (C=O) groups is 1. The SMILES string of the molecule is C[C@H](NC(=O)C1=CC(c2ccco2)=NS(=O)(=O)N1C)c1ccccc1. The molecule has 0 unspecified atom stereocenters. The highest BCUT2D eigenvalue weighted by Gasteiger charge is 2.31. The number of benzene rings is 1. The topological polar surface area (TPSA) is 92.0 Å². The highest BCUT2D eigenvalue weighted by molar-refractivity contribution is 7.88. The second-order valence-electron chi connectivity index (χ2n) is 5.53. The first-order valence-electron chi connectivity index (χ1n) is 7.58. The Hall–Kier alpha value is -2.87. The Kier molecular flexibility index (Phi) is 4.45. The van der Waals surface area contributed by atoms with Crippen molar-refractivity contribution in [2.45, 2.75) is 13.0 Å². The molecule has 25 heavy (non-hydrogen) atoms. The van der Waals surface area contributed by atoms with Crippen molar-refractivity contribution in [3.63, 3.8) is 0 Å². The Morgan fingerprint density at radius 3 is 2.56 bits per heavy atom. The summed E-state index contributed by atoms with van der Waals surface area (Å²) in [4.78, 5) is 12.6. The Labute approximate surface area is 145 Å². The molecule has 0 saturated heterocycles. The molecule has 8 heteroatoms. The van der Waals surface area contributed by atoms with Gasteiger partial charge in [0.25, 0.3) is 5.91 Å². The number of likely N-dealkylation sites (N-methyl/N-ethyl adjacent to an activating group) is 1. The van der Waals surface area contributed by atoms with Crippen molar-refractivity contribution >= 4 is 21.8 Å². The molecular weight excluding hydrogens is 342 g/mol. The molecule has 2 aromatic rings. The minimum absolute atomic E-state index is 0.0239. The number of furan rings is 1. The van der Waals surface area contributed by atoms with E-state index in [-0.39, 0.29) is 23.2 Å². The first-order chi connectivity index (χ1) is 11.9. The van der Waals surface area contributed by atoms with Crippen LogP contribution in [0.1, 0.15) is 24.3 Å². The van der Waals surface area contributed by atoms with E-state index in [1.165, 1.54) is 19.4 Å². The summed E-state index contributed by atoms with van der Waals surface area (Å²) in [5.41, 5.74) is 0.975. The molecule has 1 aliphatic heterocycles. The van der Waals surface area contributed by atoms with Crippen molar-refractivity contribution in [1.29, 1.82) is 0 Å². The van der Waals surface area contributed by atoms with E-state index in [0.29, 0.717) is 0 Å². The van der Waals surface area contributed by atoms with Gasteiger partial charge in [0.05, 0.1) is 12.3 Å². The molecule has 2 heterocycles. The molecule has 1 aliphatic rings. The lowest BCUT2D eigenvalue weighted by Crippen LogP contribution is -2.39. The molecule has 3 rings (SSSR count). The third-order valence-electron chi connectivity index (χ3n) is 3.83. The van der Waals surface area contributed by atoms with Crippen molar-refractivity contribution in [3.8, 4) is 0 Å². The van der Waals surface area contributed by atoms with E-state index in [1.54, 1.807) is 12.1 Å². The summed E-state index contributed by atoms with van der Waals surface area (Å²) >= 11 is 0. The number of amides is 1. The summed E-state index contributed by atoms with van der Waals surface area (Å²) in [6.45, 7) is 1.83. The molecule has 0 spiro atoms. The lowest BCUT2D eigenvalue weighted by atomic mass is 10.1. The van der Waals surface area contributed by atoms with Crippen molar-refractivity contribution in [2.75, 3.05) is 7.05 Å². The van der Waals surface area contributed by atoms with Gasteiger partial charge >= 0.3 is 10.2 Å². The van der Waals surface area contributed by atoms with Crippen LogP contribution >= 0.6 is 0 Å². The molecule has 130 valence electrons. The van der Waals surface area contributed by atoms with Crippen LogP contribution in [0.15, 0.2) is 69.3 Å². The van der Waals surface area contributed by atoms with Crippen molar-refractivity contribution in [3.05, 3.63) is 71.8 Å². The molecule has 0 bridgehead atoms. The van der Waals surface area contributed by atoms with Crippen molar-refractivity contribution in [2.24, 2.45) is 4.40 Å². The highest BCUT2D eigenvalue weighted by Crippen LogP contribution is 2.21. The smallest absolute Gasteiger partial charge is 0.345 e. The number of allylic oxidation sites excluding steroid dienone is 1. The zero-order chi connectivity index (χ0) is 18.0. The summed E-state index contributed by atoms with van der Waals surface area (Å²) in [5, 5.41) is 2.80. The minimum Gasteiger partial charge on any atom is -0.463 e. The summed E-state index contributed by atoms with van der Waals surface area (Å²) in [7, 11) is -2.71. The van der Waals surface area contributed by atoms with Crippen LogP contribution in [-0.4, -0.2) is 31.4 Å². The van der Waals surface area contributed by atoms with E-state index in [4.69, 9.17) is 4.42 Å². The maximum absolute atomic E-state index is 12.6. The molecule has 0 saturated carbocycles. The maximum atomic E-state index is 12.6. The van der Waals surface area contributed by atoms with Gasteiger partial charge in [-0.1, -0.05) is 30.3 Å². The van der Waals surface area contributed by atoms with E-state index in [1.807, 2.05) is 37.3 Å². The van der Waals surface area contributed by atoms with Gasteiger partial charge in [0.1, 0.15) is 11.4 Å². The fourth-order valence-electron chi connectivity index (χ4n) is 2.40. The predicted octanol–water partition coefficient (Wildman–Crippen LogP) is 2.02. The standard InChI is InChI=1S/C17H17N3O4S/c1-12(13-7-4-3-5-8-13)18-17(21)15-11-14(16-9-6-10-24-16)19-25(22,23)20(15)2/h3-12H,1-2H3,(H,18,21)/t12-/m0/s1. The number of rotatable bonds is 4. The van der Waals surface area contributed by atoms with E-state index in [9.17, 15) is 13.2 Å². The third-order valence-corrected chi connectivity index (χ3v) is 5.14. The summed E-state index contributed by atoms with van der Waals surface area (Å²) in [6, 6.07) is 12.3. The summed E-state index contributed by atoms with van der Waals surface area (Å²) < 4.78 is 34.2. The molecule has 1 N–H and O–H groups in total. The summed E-state index contributed by atoms with van der Waals surface area (Å²) in [5.74, 6) is -0.237. The van der Waals surface area contributed by atoms with E-state index in [0.717, 1.165) is 9.87 Å². The van der Waals surface area contributed by atoms with Gasteiger partial charge in [0.15, 0.2) is 5.76 Å². The normalized spacial score (nSPS) is 17.4. The van der Waals surface area contributed by atoms with E-state index >= 15 is 0 Å². The van der Waals surface area contributed by atoms with Gasteiger partial charge in [0.2, 0.25) is 0 Å². The van der Waals surface area contributed by atoms with Crippen LogP contribution in [-0.2, 0) is 15.0 Å². The fourth-order valence-corrected chi connectivity index (χ4v) is 3.30. The molecule has 1 atom stereocenters. The van der Waals surface area contributed by atoms with Crippen LogP contribution in [0.3, 0.4) is 0 Å². The zero-order valence-corrected chi connectivity index (χ0v) is 14.5. The van der Waals surface area contributed by atoms with Crippen LogP contribution in [0.25, 0.3) is 0 Å². The van der Waals surface area contributed by atoms with Crippen LogP contribution in [0, 0.1) is 0 Å². The van der Waals surface area contributed by atoms with Gasteiger partial charge in [-0.15, -0.1) is 4.40 Å². The number of nitrogens with zero attached hydrogens (tertiary/aromatic N) is 2. The molecular formula is C17H17N3O4S. The number of nitrogens with one attached hydrogen (secondary N) is 1. The lowest BCUT2D eigenvalue weighted by Gasteiger charge is -2.24. The first kappa shape index (κ1) is 17.0. The van der Waals surface area contributed by atoms with Gasteiger partial charge in [-0.25, -0.2) is 4.31 Å². The van der Waals surface area contributed by atoms with Crippen LogP contribution in [0.4, 0.5) is 0 Å². The average Bonchev–Trinajstić information content (AvgIpc) is 3.12. The molecule has 0 aliphatic carbocycles. The average molecular weight is 359 g/mol. The van der Waals surface area contributed by atoms with Gasteiger partial charge in [-0.05, 0) is 30.7 Å². The van der Waals surface area contributed by atoms with E-state index < -0.39 is 16.1 Å². The zero-order valence-electron chi connectivity index (χ0n) is 13.7. The van der Waals surface area contributed by atoms with Crippen LogP contribution < -0.4 is 5.32 Å². The van der Waals surface area contributed by atoms with Crippen molar-refractivity contribution in [1.82, 2.24) is 9.62 Å². The highest BCUT2D eigenvalue weighted by atomic mass is 32.2. The Morgan fingerprint density at radius 1 is 1.20 bits per heavy atom. The minimum atomic E-state index is -4.00. The fraction of sp³-hybridized carbons (Fsp3) is 0.176. The molecule has 0 fully saturated rings. The molecule has 1 aromatic carbocycles. The largest absolute Gasteiger partial charge is 0.463 e. The molecule has 0 radical (unpaired) electrons. The number of carbonyl (C=O) groups excluding carboxylic acids is 1. The second kappa shape index (κ2) is 6.56. The number of hydrogen-bond acceptors (Lipinski definition) is 4. The van der Waals surface area contributed by atoms with Crippen LogP contribution in [0.2, 0.25) is 0 Å². The molecule has 1 aromatic heterocycles.